The Hall–Kier alpha value is -2.41. The second-order valence-electron chi connectivity index (χ2n) is 9.56. The van der Waals surface area contributed by atoms with Gasteiger partial charge in [0.25, 0.3) is 0 Å². The van der Waals surface area contributed by atoms with E-state index < -0.39 is 0 Å². The minimum Gasteiger partial charge on any atom is -0.368 e. The molecule has 2 aromatic carbocycles. The zero-order valence-corrected chi connectivity index (χ0v) is 22.3. The Labute approximate surface area is 221 Å². The van der Waals surface area contributed by atoms with Crippen LogP contribution in [0, 0.1) is 11.3 Å². The summed E-state index contributed by atoms with van der Waals surface area (Å²) in [5.74, 6) is 1.87. The highest BCUT2D eigenvalue weighted by molar-refractivity contribution is 7.99. The molecule has 0 bridgehead atoms. The number of aromatic nitrogens is 2. The van der Waals surface area contributed by atoms with Crippen molar-refractivity contribution in [3.8, 4) is 6.07 Å². The first-order chi connectivity index (χ1) is 17.5. The van der Waals surface area contributed by atoms with Crippen molar-refractivity contribution >= 4 is 40.0 Å². The molecule has 1 fully saturated rings. The van der Waals surface area contributed by atoms with Crippen LogP contribution in [0.4, 0.5) is 5.82 Å². The molecule has 5 rings (SSSR count). The van der Waals surface area contributed by atoms with Crippen LogP contribution in [-0.4, -0.2) is 66.9 Å². The van der Waals surface area contributed by atoms with Gasteiger partial charge < -0.3 is 19.9 Å². The predicted molar refractivity (Wildman–Crippen MR) is 146 cm³/mol. The molecule has 2 aliphatic rings. The first-order valence-corrected chi connectivity index (χ1v) is 13.7. The lowest BCUT2D eigenvalue weighted by Crippen LogP contribution is -2.51. The molecule has 0 amide bonds. The molecule has 36 heavy (non-hydrogen) atoms. The second-order valence-corrected chi connectivity index (χ2v) is 11.0. The quantitative estimate of drug-likeness (QED) is 0.360. The van der Waals surface area contributed by atoms with Gasteiger partial charge in [-0.05, 0) is 31.1 Å². The SMILES string of the molecule is CN(C)CCSc1nc2c(c(N3CCN[C@@H](CC#N)C3)n1)CO[C@H](c1cccc3cccc(Cl)c13)C2. The van der Waals surface area contributed by atoms with E-state index in [0.717, 1.165) is 75.5 Å². The number of benzene rings is 2. The standard InChI is InChI=1S/C27H31ClN6OS/c1-33(2)13-14-36-27-31-23-15-24(20-7-3-5-18-6-4-8-22(28)25(18)20)35-17-21(23)26(32-27)34-12-11-30-19(16-34)9-10-29/h3-8,19,24,30H,9,11-17H2,1-2H3/t19-,24-/m0/s1. The first-order valence-electron chi connectivity index (χ1n) is 12.3. The maximum atomic E-state index is 9.21. The van der Waals surface area contributed by atoms with Gasteiger partial charge in [0.2, 0.25) is 0 Å². The number of hydrogen-bond acceptors (Lipinski definition) is 8. The molecular weight excluding hydrogens is 492 g/mol. The van der Waals surface area contributed by atoms with Crippen molar-refractivity contribution in [1.29, 1.82) is 5.26 Å². The van der Waals surface area contributed by atoms with Crippen LogP contribution >= 0.6 is 23.4 Å². The lowest BCUT2D eigenvalue weighted by atomic mass is 9.94. The predicted octanol–water partition coefficient (Wildman–Crippen LogP) is 4.44. The molecule has 7 nitrogen and oxygen atoms in total. The third kappa shape index (κ3) is 5.46. The molecule has 0 unspecified atom stereocenters. The molecule has 9 heteroatoms. The van der Waals surface area contributed by atoms with E-state index in [9.17, 15) is 5.26 Å². The van der Waals surface area contributed by atoms with Gasteiger partial charge in [0, 0.05) is 60.4 Å². The van der Waals surface area contributed by atoms with E-state index in [1.807, 2.05) is 12.1 Å². The van der Waals surface area contributed by atoms with Crippen LogP contribution in [0.3, 0.4) is 0 Å². The number of fused-ring (bicyclic) bond motifs is 2. The van der Waals surface area contributed by atoms with E-state index in [1.54, 1.807) is 11.8 Å². The Kier molecular flexibility index (Phi) is 7.94. The van der Waals surface area contributed by atoms with Crippen LogP contribution in [0.15, 0.2) is 41.6 Å². The van der Waals surface area contributed by atoms with Gasteiger partial charge in [-0.15, -0.1) is 0 Å². The zero-order chi connectivity index (χ0) is 25.1. The minimum absolute atomic E-state index is 0.127. The average Bonchev–Trinajstić information content (AvgIpc) is 2.88. The topological polar surface area (TPSA) is 77.3 Å². The lowest BCUT2D eigenvalue weighted by molar-refractivity contribution is 0.0266. The van der Waals surface area contributed by atoms with Gasteiger partial charge in [-0.3, -0.25) is 0 Å². The fourth-order valence-corrected chi connectivity index (χ4v) is 6.19. The van der Waals surface area contributed by atoms with Gasteiger partial charge in [-0.25, -0.2) is 9.97 Å². The number of ether oxygens (including phenoxy) is 1. The van der Waals surface area contributed by atoms with Crippen LogP contribution < -0.4 is 10.2 Å². The Morgan fingerprint density at radius 3 is 2.89 bits per heavy atom. The summed E-state index contributed by atoms with van der Waals surface area (Å²) in [6.45, 7) is 3.83. The molecule has 1 aromatic heterocycles. The van der Waals surface area contributed by atoms with Crippen LogP contribution in [-0.2, 0) is 17.8 Å². The Balaban J connectivity index is 1.49. The third-order valence-electron chi connectivity index (χ3n) is 6.75. The summed E-state index contributed by atoms with van der Waals surface area (Å²) in [6.07, 6.45) is 1.02. The van der Waals surface area contributed by atoms with Crippen molar-refractivity contribution in [2.75, 3.05) is 50.9 Å². The molecule has 0 spiro atoms. The van der Waals surface area contributed by atoms with Crippen molar-refractivity contribution < 1.29 is 4.74 Å². The third-order valence-corrected chi connectivity index (χ3v) is 7.90. The molecule has 3 heterocycles. The minimum atomic E-state index is -0.127. The number of nitriles is 1. The van der Waals surface area contributed by atoms with E-state index in [-0.39, 0.29) is 12.1 Å². The first kappa shape index (κ1) is 25.2. The lowest BCUT2D eigenvalue weighted by Gasteiger charge is -2.36. The maximum absolute atomic E-state index is 9.21. The Morgan fingerprint density at radius 1 is 1.25 bits per heavy atom. The molecule has 2 atom stereocenters. The fraction of sp³-hybridized carbons (Fsp3) is 0.444. The molecule has 1 N–H and O–H groups in total. The number of halogens is 1. The number of piperazine rings is 1. The molecule has 3 aromatic rings. The summed E-state index contributed by atoms with van der Waals surface area (Å²) in [5.41, 5.74) is 3.21. The molecule has 0 radical (unpaired) electrons. The van der Waals surface area contributed by atoms with Gasteiger partial charge in [-0.1, -0.05) is 53.7 Å². The van der Waals surface area contributed by atoms with E-state index in [2.05, 4.69) is 59.5 Å². The van der Waals surface area contributed by atoms with Crippen molar-refractivity contribution in [2.24, 2.45) is 0 Å². The summed E-state index contributed by atoms with van der Waals surface area (Å²) in [7, 11) is 4.15. The molecule has 188 valence electrons. The number of rotatable bonds is 7. The van der Waals surface area contributed by atoms with Gasteiger partial charge in [-0.2, -0.15) is 5.26 Å². The monoisotopic (exact) mass is 522 g/mol. The van der Waals surface area contributed by atoms with Crippen LogP contribution in [0.25, 0.3) is 10.8 Å². The average molecular weight is 523 g/mol. The van der Waals surface area contributed by atoms with Gasteiger partial charge in [0.05, 0.1) is 30.9 Å². The summed E-state index contributed by atoms with van der Waals surface area (Å²) in [4.78, 5) is 14.5. The largest absolute Gasteiger partial charge is 0.368 e. The van der Waals surface area contributed by atoms with Gasteiger partial charge >= 0.3 is 0 Å². The molecule has 0 saturated carbocycles. The highest BCUT2D eigenvalue weighted by Crippen LogP contribution is 2.39. The second kappa shape index (κ2) is 11.3. The van der Waals surface area contributed by atoms with Gasteiger partial charge in [0.1, 0.15) is 5.82 Å². The summed E-state index contributed by atoms with van der Waals surface area (Å²) in [5, 5.41) is 16.4. The smallest absolute Gasteiger partial charge is 0.189 e. The number of nitrogens with one attached hydrogen (secondary N) is 1. The number of thioether (sulfide) groups is 1. The molecule has 2 aliphatic heterocycles. The van der Waals surface area contributed by atoms with E-state index in [0.29, 0.717) is 19.4 Å². The number of nitrogens with zero attached hydrogens (tertiary/aromatic N) is 5. The van der Waals surface area contributed by atoms with Crippen molar-refractivity contribution in [2.45, 2.75) is 36.8 Å². The van der Waals surface area contributed by atoms with Crippen molar-refractivity contribution in [1.82, 2.24) is 20.2 Å². The van der Waals surface area contributed by atoms with Crippen LogP contribution in [0.5, 0.6) is 0 Å². The highest BCUT2D eigenvalue weighted by Gasteiger charge is 2.30. The van der Waals surface area contributed by atoms with Crippen LogP contribution in [0.1, 0.15) is 29.3 Å². The van der Waals surface area contributed by atoms with Crippen LogP contribution in [0.2, 0.25) is 5.02 Å². The Bertz CT molecular complexity index is 1270. The molecule has 1 saturated heterocycles. The number of anilines is 1. The molecular formula is C27H31ClN6OS. The van der Waals surface area contributed by atoms with Crippen molar-refractivity contribution in [3.63, 3.8) is 0 Å². The normalized spacial score (nSPS) is 19.9. The highest BCUT2D eigenvalue weighted by atomic mass is 35.5. The van der Waals surface area contributed by atoms with E-state index in [1.165, 1.54) is 0 Å². The van der Waals surface area contributed by atoms with E-state index >= 15 is 0 Å². The zero-order valence-electron chi connectivity index (χ0n) is 20.7. The number of hydrogen-bond donors (Lipinski definition) is 1. The van der Waals surface area contributed by atoms with Crippen molar-refractivity contribution in [3.05, 3.63) is 58.2 Å². The van der Waals surface area contributed by atoms with Gasteiger partial charge in [0.15, 0.2) is 5.16 Å². The fourth-order valence-electron chi connectivity index (χ4n) is 4.93. The Morgan fingerprint density at radius 2 is 2.08 bits per heavy atom. The summed E-state index contributed by atoms with van der Waals surface area (Å²) in [6, 6.07) is 14.7. The molecule has 0 aliphatic carbocycles. The van der Waals surface area contributed by atoms with E-state index in [4.69, 9.17) is 26.3 Å². The summed E-state index contributed by atoms with van der Waals surface area (Å²) < 4.78 is 6.47. The summed E-state index contributed by atoms with van der Waals surface area (Å²) >= 11 is 8.32. The maximum Gasteiger partial charge on any atom is 0.189 e.